The van der Waals surface area contributed by atoms with E-state index < -0.39 is 6.09 Å². The third kappa shape index (κ3) is 20.4. The number of carbonyl (C=O) groups excluding carboxylic acids is 3. The van der Waals surface area contributed by atoms with Crippen molar-refractivity contribution in [1.29, 1.82) is 0 Å². The summed E-state index contributed by atoms with van der Waals surface area (Å²) in [5.41, 5.74) is 0.871. The fourth-order valence-electron chi connectivity index (χ4n) is 2.55. The summed E-state index contributed by atoms with van der Waals surface area (Å²) in [6, 6.07) is -0.0170. The van der Waals surface area contributed by atoms with Gasteiger partial charge in [0.2, 0.25) is 12.2 Å². The monoisotopic (exact) mass is 425 g/mol. The van der Waals surface area contributed by atoms with E-state index in [0.717, 1.165) is 56.9 Å². The number of nitrogens with one attached hydrogen (secondary N) is 1. The van der Waals surface area contributed by atoms with E-state index in [-0.39, 0.29) is 12.6 Å². The fourth-order valence-corrected chi connectivity index (χ4v) is 2.55. The first kappa shape index (κ1) is 27.7. The molecule has 30 heavy (non-hydrogen) atoms. The van der Waals surface area contributed by atoms with Crippen molar-refractivity contribution < 1.29 is 28.9 Å². The lowest BCUT2D eigenvalue weighted by Crippen LogP contribution is -2.26. The second-order valence-electron chi connectivity index (χ2n) is 7.00. The fraction of sp³-hybridized carbons (Fsp3) is 0.762. The Morgan fingerprint density at radius 2 is 1.70 bits per heavy atom. The van der Waals surface area contributed by atoms with Gasteiger partial charge in [0.1, 0.15) is 6.61 Å². The van der Waals surface area contributed by atoms with Gasteiger partial charge >= 0.3 is 6.09 Å². The van der Waals surface area contributed by atoms with Crippen molar-refractivity contribution in [3.63, 3.8) is 0 Å². The average Bonchev–Trinajstić information content (AvgIpc) is 2.72. The van der Waals surface area contributed by atoms with E-state index in [2.05, 4.69) is 21.9 Å². The van der Waals surface area contributed by atoms with Gasteiger partial charge in [-0.15, -0.1) is 0 Å². The number of aliphatic imine (C=N–C) groups is 2. The lowest BCUT2D eigenvalue weighted by molar-refractivity contribution is -0.288. The molecule has 0 heterocycles. The van der Waals surface area contributed by atoms with Crippen LogP contribution in [0, 0.1) is 0 Å². The second kappa shape index (κ2) is 21.4. The first-order valence-electron chi connectivity index (χ1n) is 10.5. The van der Waals surface area contributed by atoms with Crippen LogP contribution in [0.4, 0.5) is 4.79 Å². The molecule has 1 amide bonds. The summed E-state index contributed by atoms with van der Waals surface area (Å²) in [5.74, 6) is 0. The predicted octanol–water partition coefficient (Wildman–Crippen LogP) is 3.79. The molecule has 0 aromatic heterocycles. The van der Waals surface area contributed by atoms with Crippen LogP contribution < -0.4 is 5.32 Å². The minimum absolute atomic E-state index is 0.0170. The van der Waals surface area contributed by atoms with E-state index >= 15 is 0 Å². The molecule has 9 nitrogen and oxygen atoms in total. The van der Waals surface area contributed by atoms with Crippen LogP contribution in [0.3, 0.4) is 0 Å². The van der Waals surface area contributed by atoms with Crippen molar-refractivity contribution in [2.75, 3.05) is 32.9 Å². The summed E-state index contributed by atoms with van der Waals surface area (Å²) < 4.78 is 5.04. The van der Waals surface area contributed by atoms with Crippen LogP contribution in [0.2, 0.25) is 0 Å². The van der Waals surface area contributed by atoms with Crippen LogP contribution >= 0.6 is 0 Å². The molecule has 0 rings (SSSR count). The van der Waals surface area contributed by atoms with Crippen LogP contribution in [-0.4, -0.2) is 57.2 Å². The standard InChI is InChI=1S/C21H35N3O6/c1-19(2)16-30-29-15-9-14-28-21(27)23-13-8-4-6-11-20(24-18-26)10-5-3-7-12-22-17-25/h20H,1,3-16H2,2H3,(H,23,27). The Kier molecular flexibility index (Phi) is 19.8. The molecule has 0 aromatic rings. The summed E-state index contributed by atoms with van der Waals surface area (Å²) in [4.78, 5) is 49.3. The van der Waals surface area contributed by atoms with E-state index in [4.69, 9.17) is 14.5 Å². The Labute approximate surface area is 178 Å². The maximum Gasteiger partial charge on any atom is 0.407 e. The van der Waals surface area contributed by atoms with Gasteiger partial charge in [0.15, 0.2) is 0 Å². The molecule has 0 fully saturated rings. The number of ether oxygens (including phenoxy) is 1. The van der Waals surface area contributed by atoms with E-state index in [1.807, 2.05) is 6.92 Å². The molecule has 170 valence electrons. The number of amides is 1. The lowest BCUT2D eigenvalue weighted by atomic mass is 10.0. The summed E-state index contributed by atoms with van der Waals surface area (Å²) >= 11 is 0. The van der Waals surface area contributed by atoms with E-state index in [0.29, 0.717) is 32.7 Å². The molecule has 0 aromatic carbocycles. The Hall–Kier alpha value is -2.31. The molecule has 0 bridgehead atoms. The number of hydrogen-bond acceptors (Lipinski definition) is 8. The van der Waals surface area contributed by atoms with Crippen LogP contribution in [0.5, 0.6) is 0 Å². The van der Waals surface area contributed by atoms with Crippen molar-refractivity contribution >= 4 is 18.3 Å². The molecule has 1 unspecified atom stereocenters. The number of unbranched alkanes of at least 4 members (excludes halogenated alkanes) is 4. The Bertz CT molecular complexity index is 557. The van der Waals surface area contributed by atoms with E-state index in [1.165, 1.54) is 6.08 Å². The van der Waals surface area contributed by atoms with Gasteiger partial charge < -0.3 is 10.1 Å². The van der Waals surface area contributed by atoms with Crippen LogP contribution in [0.1, 0.15) is 64.7 Å². The molecule has 1 N–H and O–H groups in total. The highest BCUT2D eigenvalue weighted by Crippen LogP contribution is 2.13. The quantitative estimate of drug-likeness (QED) is 0.0792. The zero-order chi connectivity index (χ0) is 22.3. The molecule has 1 atom stereocenters. The van der Waals surface area contributed by atoms with Crippen molar-refractivity contribution in [2.45, 2.75) is 70.8 Å². The smallest absolute Gasteiger partial charge is 0.407 e. The summed E-state index contributed by atoms with van der Waals surface area (Å²) in [6.07, 6.45) is 10.3. The van der Waals surface area contributed by atoms with Crippen molar-refractivity contribution in [3.8, 4) is 0 Å². The van der Waals surface area contributed by atoms with Crippen molar-refractivity contribution in [3.05, 3.63) is 12.2 Å². The third-order valence-corrected chi connectivity index (χ3v) is 4.08. The highest BCUT2D eigenvalue weighted by atomic mass is 17.2. The van der Waals surface area contributed by atoms with E-state index in [1.54, 1.807) is 6.08 Å². The maximum absolute atomic E-state index is 11.6. The summed E-state index contributed by atoms with van der Waals surface area (Å²) in [5, 5.41) is 2.70. The number of rotatable bonds is 20. The van der Waals surface area contributed by atoms with Crippen LogP contribution in [0.15, 0.2) is 22.1 Å². The molecular formula is C21H35N3O6. The van der Waals surface area contributed by atoms with Gasteiger partial charge in [0, 0.05) is 13.0 Å². The highest BCUT2D eigenvalue weighted by molar-refractivity contribution is 5.66. The third-order valence-electron chi connectivity index (χ3n) is 4.08. The predicted molar refractivity (Wildman–Crippen MR) is 113 cm³/mol. The SMILES string of the molecule is C=C(C)COOCCCOC(=O)NCCCCCC(CCCCCN=C=O)N=C=O. The molecule has 0 aliphatic heterocycles. The first-order valence-corrected chi connectivity index (χ1v) is 10.5. The van der Waals surface area contributed by atoms with Gasteiger partial charge in [-0.1, -0.05) is 37.8 Å². The van der Waals surface area contributed by atoms with E-state index in [9.17, 15) is 14.4 Å². The zero-order valence-corrected chi connectivity index (χ0v) is 18.0. The number of alkyl carbamates (subject to hydrolysis) is 1. The first-order chi connectivity index (χ1) is 14.6. The average molecular weight is 426 g/mol. The molecule has 0 aliphatic rings. The topological polar surface area (TPSA) is 116 Å². The second-order valence-corrected chi connectivity index (χ2v) is 7.00. The molecule has 0 radical (unpaired) electrons. The molecule has 0 spiro atoms. The molecule has 0 aliphatic carbocycles. The number of nitrogens with zero attached hydrogens (tertiary/aromatic N) is 2. The molecule has 0 saturated heterocycles. The van der Waals surface area contributed by atoms with Gasteiger partial charge in [0.05, 0.1) is 25.8 Å². The van der Waals surface area contributed by atoms with Crippen LogP contribution in [-0.2, 0) is 24.1 Å². The van der Waals surface area contributed by atoms with Crippen molar-refractivity contribution in [1.82, 2.24) is 5.32 Å². The van der Waals surface area contributed by atoms with Crippen molar-refractivity contribution in [2.24, 2.45) is 9.98 Å². The summed E-state index contributed by atoms with van der Waals surface area (Å²) in [6.45, 7) is 7.51. The maximum atomic E-state index is 11.6. The summed E-state index contributed by atoms with van der Waals surface area (Å²) in [7, 11) is 0. The number of hydrogen-bond donors (Lipinski definition) is 1. The molecule has 9 heteroatoms. The largest absolute Gasteiger partial charge is 0.449 e. The molecule has 0 saturated carbocycles. The number of isocyanates is 2. The van der Waals surface area contributed by atoms with Gasteiger partial charge in [-0.05, 0) is 32.6 Å². The minimum Gasteiger partial charge on any atom is -0.449 e. The Morgan fingerprint density at radius 3 is 2.37 bits per heavy atom. The molecular weight excluding hydrogens is 390 g/mol. The van der Waals surface area contributed by atoms with Gasteiger partial charge in [-0.25, -0.2) is 34.1 Å². The Balaban J connectivity index is 3.58. The lowest BCUT2D eigenvalue weighted by Gasteiger charge is -2.10. The number of carbonyl (C=O) groups is 1. The van der Waals surface area contributed by atoms with Gasteiger partial charge in [-0.2, -0.15) is 0 Å². The van der Waals surface area contributed by atoms with Gasteiger partial charge in [-0.3, -0.25) is 0 Å². The highest BCUT2D eigenvalue weighted by Gasteiger charge is 2.07. The van der Waals surface area contributed by atoms with Crippen LogP contribution in [0.25, 0.3) is 0 Å². The zero-order valence-electron chi connectivity index (χ0n) is 18.0. The minimum atomic E-state index is -0.444. The Morgan fingerprint density at radius 1 is 0.967 bits per heavy atom. The van der Waals surface area contributed by atoms with Gasteiger partial charge in [0.25, 0.3) is 0 Å². The normalized spacial score (nSPS) is 11.1.